The Hall–Kier alpha value is -4.19. The van der Waals surface area contributed by atoms with Crippen molar-refractivity contribution in [2.75, 3.05) is 34.3 Å². The number of hydrogen-bond acceptors (Lipinski definition) is 10. The molecule has 1 amide bonds. The van der Waals surface area contributed by atoms with Crippen LogP contribution < -0.4 is 10.5 Å². The number of allylic oxidation sites excluding steroid dienone is 1. The number of aliphatic hydroxyl groups excluding tert-OH is 2. The fourth-order valence-corrected chi connectivity index (χ4v) is 8.12. The summed E-state index contributed by atoms with van der Waals surface area (Å²) < 4.78 is 5.87. The Morgan fingerprint density at radius 3 is 2.36 bits per heavy atom. The molecule has 3 aliphatic carbocycles. The maximum Gasteiger partial charge on any atom is 0.255 e. The SMILES string of the molecule is COc1c(CN2CCC(c3ccccc3)CC2)cc(O)c2c1C[C@H]1C[C@H]3[C@H](N(C)C)C(O)=C(C(N)=O)C(=O)[C@@]3(O)C(O)=C1C2=O. The molecule has 1 saturated heterocycles. The summed E-state index contributed by atoms with van der Waals surface area (Å²) in [6.45, 7) is 2.22. The zero-order valence-electron chi connectivity index (χ0n) is 25.6. The van der Waals surface area contributed by atoms with Gasteiger partial charge in [-0.25, -0.2) is 0 Å². The molecular formula is C34H39N3O8. The third-order valence-electron chi connectivity index (χ3n) is 10.2. The van der Waals surface area contributed by atoms with Crippen LogP contribution in [0.1, 0.15) is 52.2 Å². The number of rotatable bonds is 6. The van der Waals surface area contributed by atoms with E-state index in [2.05, 4.69) is 29.2 Å². The normalized spacial score (nSPS) is 27.4. The lowest BCUT2D eigenvalue weighted by Gasteiger charge is -2.50. The number of phenolic OH excluding ortho intramolecular Hbond substituents is 1. The molecule has 4 aliphatic rings. The lowest BCUT2D eigenvalue weighted by atomic mass is 9.58. The maximum atomic E-state index is 14.0. The first-order valence-corrected chi connectivity index (χ1v) is 15.2. The highest BCUT2D eigenvalue weighted by Crippen LogP contribution is 2.53. The number of carbonyl (C=O) groups excluding carboxylic acids is 3. The summed E-state index contributed by atoms with van der Waals surface area (Å²) in [6, 6.07) is 10.9. The van der Waals surface area contributed by atoms with E-state index in [0.717, 1.165) is 31.5 Å². The highest BCUT2D eigenvalue weighted by molar-refractivity contribution is 6.24. The number of nitrogens with zero attached hydrogens (tertiary/aromatic N) is 2. The number of hydrogen-bond donors (Lipinski definition) is 5. The first-order valence-electron chi connectivity index (χ1n) is 15.2. The Kier molecular flexibility index (Phi) is 7.75. The molecule has 6 rings (SSSR count). The van der Waals surface area contributed by atoms with E-state index in [0.29, 0.717) is 23.8 Å². The number of phenols is 1. The predicted molar refractivity (Wildman–Crippen MR) is 164 cm³/mol. The maximum absolute atomic E-state index is 14.0. The molecule has 0 aromatic heterocycles. The van der Waals surface area contributed by atoms with Crippen LogP contribution in [0.15, 0.2) is 59.1 Å². The van der Waals surface area contributed by atoms with Gasteiger partial charge < -0.3 is 30.9 Å². The minimum atomic E-state index is -2.67. The number of amides is 1. The molecule has 0 bridgehead atoms. The van der Waals surface area contributed by atoms with Crippen LogP contribution in [0, 0.1) is 11.8 Å². The number of fused-ring (bicyclic) bond motifs is 3. The molecule has 1 heterocycles. The number of piperidine rings is 1. The van der Waals surface area contributed by atoms with E-state index in [1.54, 1.807) is 14.1 Å². The predicted octanol–water partition coefficient (Wildman–Crippen LogP) is 2.51. The van der Waals surface area contributed by atoms with E-state index >= 15 is 0 Å². The minimum absolute atomic E-state index is 0.0207. The van der Waals surface area contributed by atoms with E-state index in [4.69, 9.17) is 10.5 Å². The van der Waals surface area contributed by atoms with Crippen molar-refractivity contribution in [3.05, 3.63) is 81.3 Å². The topological polar surface area (TPSA) is 174 Å². The van der Waals surface area contributed by atoms with Crippen LogP contribution in [0.5, 0.6) is 11.5 Å². The quantitative estimate of drug-likeness (QED) is 0.303. The number of nitrogens with two attached hydrogens (primary N) is 1. The number of aromatic hydroxyl groups is 1. The molecule has 6 N–H and O–H groups in total. The molecule has 1 fully saturated rings. The molecule has 4 atom stereocenters. The first-order chi connectivity index (χ1) is 21.4. The number of carbonyl (C=O) groups is 3. The number of methoxy groups -OCH3 is 1. The van der Waals surface area contributed by atoms with Gasteiger partial charge in [-0.05, 0) is 76.3 Å². The van der Waals surface area contributed by atoms with Gasteiger partial charge in [-0.2, -0.15) is 0 Å². The van der Waals surface area contributed by atoms with Crippen LogP contribution in [0.3, 0.4) is 0 Å². The number of likely N-dealkylation sites (tertiary alicyclic amines) is 1. The summed E-state index contributed by atoms with van der Waals surface area (Å²) in [7, 11) is 4.72. The summed E-state index contributed by atoms with van der Waals surface area (Å²) in [5.41, 5.74) is 4.21. The molecule has 238 valence electrons. The molecule has 45 heavy (non-hydrogen) atoms. The molecule has 0 saturated carbocycles. The largest absolute Gasteiger partial charge is 0.510 e. The van der Waals surface area contributed by atoms with Crippen molar-refractivity contribution in [3.63, 3.8) is 0 Å². The molecule has 2 aromatic rings. The van der Waals surface area contributed by atoms with Gasteiger partial charge in [0.15, 0.2) is 11.4 Å². The lowest BCUT2D eigenvalue weighted by molar-refractivity contribution is -0.148. The second-order valence-corrected chi connectivity index (χ2v) is 12.9. The van der Waals surface area contributed by atoms with Crippen molar-refractivity contribution in [2.24, 2.45) is 17.6 Å². The van der Waals surface area contributed by atoms with Gasteiger partial charge in [-0.1, -0.05) is 30.3 Å². The Morgan fingerprint density at radius 1 is 1.09 bits per heavy atom. The van der Waals surface area contributed by atoms with Crippen molar-refractivity contribution in [1.82, 2.24) is 9.80 Å². The van der Waals surface area contributed by atoms with Crippen molar-refractivity contribution in [1.29, 1.82) is 0 Å². The van der Waals surface area contributed by atoms with E-state index < -0.39 is 58.0 Å². The zero-order valence-corrected chi connectivity index (χ0v) is 25.6. The Bertz CT molecular complexity index is 1640. The van der Waals surface area contributed by atoms with Crippen molar-refractivity contribution < 1.29 is 39.5 Å². The molecular weight excluding hydrogens is 578 g/mol. The number of benzene rings is 2. The van der Waals surface area contributed by atoms with Crippen LogP contribution in [0.25, 0.3) is 0 Å². The third kappa shape index (κ3) is 4.72. The lowest BCUT2D eigenvalue weighted by Crippen LogP contribution is -2.63. The van der Waals surface area contributed by atoms with Crippen LogP contribution in [-0.4, -0.2) is 93.6 Å². The Balaban J connectivity index is 1.35. The fraction of sp³-hybridized carbons (Fsp3) is 0.441. The smallest absolute Gasteiger partial charge is 0.255 e. The molecule has 2 aromatic carbocycles. The van der Waals surface area contributed by atoms with Crippen molar-refractivity contribution >= 4 is 17.5 Å². The van der Waals surface area contributed by atoms with Gasteiger partial charge in [0.25, 0.3) is 5.91 Å². The number of ether oxygens (including phenoxy) is 1. The molecule has 11 nitrogen and oxygen atoms in total. The minimum Gasteiger partial charge on any atom is -0.510 e. The van der Waals surface area contributed by atoms with Crippen molar-refractivity contribution in [3.8, 4) is 11.5 Å². The molecule has 1 aliphatic heterocycles. The second kappa shape index (κ2) is 11.3. The first kappa shape index (κ1) is 30.8. The average Bonchev–Trinajstić information content (AvgIpc) is 2.99. The van der Waals surface area contributed by atoms with Crippen LogP contribution >= 0.6 is 0 Å². The van der Waals surface area contributed by atoms with Gasteiger partial charge in [-0.3, -0.25) is 24.2 Å². The number of Topliss-reactive ketones (excluding diaryl/α,β-unsaturated/α-hetero) is 2. The van der Waals surface area contributed by atoms with Gasteiger partial charge in [0, 0.05) is 29.2 Å². The monoisotopic (exact) mass is 617 g/mol. The van der Waals surface area contributed by atoms with Gasteiger partial charge in [-0.15, -0.1) is 0 Å². The van der Waals surface area contributed by atoms with E-state index in [-0.39, 0.29) is 29.7 Å². The average molecular weight is 618 g/mol. The summed E-state index contributed by atoms with van der Waals surface area (Å²) in [5, 5.41) is 45.5. The Morgan fingerprint density at radius 2 is 1.76 bits per heavy atom. The van der Waals surface area contributed by atoms with E-state index in [1.165, 1.54) is 23.6 Å². The van der Waals surface area contributed by atoms with Gasteiger partial charge >= 0.3 is 0 Å². The highest BCUT2D eigenvalue weighted by atomic mass is 16.5. The molecule has 0 radical (unpaired) electrons. The summed E-state index contributed by atoms with van der Waals surface area (Å²) in [5.74, 6) is -5.80. The van der Waals surface area contributed by atoms with Crippen LogP contribution in [-0.2, 0) is 22.6 Å². The van der Waals surface area contributed by atoms with Gasteiger partial charge in [0.05, 0.1) is 18.7 Å². The van der Waals surface area contributed by atoms with Gasteiger partial charge in [0.1, 0.15) is 28.6 Å². The number of likely N-dealkylation sites (N-methyl/N-ethyl adjacent to an activating group) is 1. The Labute approximate surface area is 261 Å². The fourth-order valence-electron chi connectivity index (χ4n) is 8.12. The van der Waals surface area contributed by atoms with E-state index in [9.17, 15) is 34.8 Å². The summed E-state index contributed by atoms with van der Waals surface area (Å²) in [6.07, 6.45) is 2.18. The zero-order chi connectivity index (χ0) is 32.4. The molecule has 0 spiro atoms. The van der Waals surface area contributed by atoms with Crippen LogP contribution in [0.4, 0.5) is 0 Å². The number of primary amides is 1. The second-order valence-electron chi connectivity index (χ2n) is 12.9. The molecule has 11 heteroatoms. The third-order valence-corrected chi connectivity index (χ3v) is 10.2. The molecule has 0 unspecified atom stereocenters. The number of ketones is 2. The van der Waals surface area contributed by atoms with Gasteiger partial charge in [0.2, 0.25) is 5.78 Å². The van der Waals surface area contributed by atoms with Crippen molar-refractivity contribution in [2.45, 2.75) is 49.8 Å². The highest BCUT2D eigenvalue weighted by Gasteiger charge is 2.63. The van der Waals surface area contributed by atoms with Crippen LogP contribution in [0.2, 0.25) is 0 Å². The summed E-state index contributed by atoms with van der Waals surface area (Å²) in [4.78, 5) is 43.5. The number of aliphatic hydroxyl groups is 3. The summed E-state index contributed by atoms with van der Waals surface area (Å²) >= 11 is 0. The van der Waals surface area contributed by atoms with E-state index in [1.807, 2.05) is 6.07 Å². The standard InChI is InChI=1S/C34H39N3O8/c1-36(2)27-22-14-19-13-21-25(28(39)24(19)31(41)34(22,44)32(42)26(29(27)40)33(35)43)23(38)15-20(30(21)45-3)16-37-11-9-18(10-12-37)17-7-5-4-6-8-17/h4-8,15,18-19,22,27,38,40-41,44H,9-14,16H2,1-3H3,(H2,35,43)/t19-,22-,27-,34-/m0/s1.